The minimum Gasteiger partial charge on any atom is -0.356 e. The Morgan fingerprint density at radius 1 is 1.03 bits per heavy atom. The summed E-state index contributed by atoms with van der Waals surface area (Å²) in [5.74, 6) is -8.30. The van der Waals surface area contributed by atoms with Gasteiger partial charge in [0, 0.05) is 25.3 Å². The van der Waals surface area contributed by atoms with Crippen molar-refractivity contribution in [2.75, 3.05) is 18.0 Å². The van der Waals surface area contributed by atoms with Crippen LogP contribution >= 0.6 is 0 Å². The lowest BCUT2D eigenvalue weighted by Gasteiger charge is -2.33. The number of nitrogens with zero attached hydrogens (tertiary/aromatic N) is 2. The van der Waals surface area contributed by atoms with Crippen LogP contribution in [0.4, 0.5) is 36.6 Å². The molecule has 2 heterocycles. The van der Waals surface area contributed by atoms with Crippen LogP contribution in [0.2, 0.25) is 0 Å². The predicted molar refractivity (Wildman–Crippen MR) is 88.2 cm³/mol. The molecular weight excluding hydrogens is 407 g/mol. The molecule has 1 aromatic carbocycles. The highest BCUT2D eigenvalue weighted by molar-refractivity contribution is 5.94. The van der Waals surface area contributed by atoms with Gasteiger partial charge in [-0.25, -0.2) is 22.5 Å². The zero-order valence-corrected chi connectivity index (χ0v) is 14.7. The number of anilines is 1. The number of carbonyl (C=O) groups is 1. The Hall–Kier alpha value is -2.85. The fourth-order valence-corrected chi connectivity index (χ4v) is 2.99. The number of pyridine rings is 1. The zero-order chi connectivity index (χ0) is 21.3. The molecule has 156 valence electrons. The lowest BCUT2D eigenvalue weighted by molar-refractivity contribution is -0.137. The molecule has 0 saturated carbocycles. The molecule has 0 spiro atoms. The molecule has 0 atom stereocenters. The van der Waals surface area contributed by atoms with Gasteiger partial charge in [-0.2, -0.15) is 13.2 Å². The van der Waals surface area contributed by atoms with E-state index in [1.807, 2.05) is 0 Å². The summed E-state index contributed by atoms with van der Waals surface area (Å²) in [4.78, 5) is 17.6. The van der Waals surface area contributed by atoms with Crippen LogP contribution < -0.4 is 10.2 Å². The first-order valence-electron chi connectivity index (χ1n) is 8.50. The summed E-state index contributed by atoms with van der Waals surface area (Å²) in [7, 11) is 0. The van der Waals surface area contributed by atoms with E-state index >= 15 is 0 Å². The first-order valence-corrected chi connectivity index (χ1v) is 8.50. The number of amides is 1. The summed E-state index contributed by atoms with van der Waals surface area (Å²) in [6, 6.07) is 1.96. The van der Waals surface area contributed by atoms with Crippen LogP contribution in [0.3, 0.4) is 0 Å². The molecule has 3 rings (SSSR count). The second kappa shape index (κ2) is 7.88. The molecule has 1 saturated heterocycles. The molecule has 4 nitrogen and oxygen atoms in total. The molecule has 0 bridgehead atoms. The number of alkyl halides is 3. The Labute approximate surface area is 160 Å². The largest absolute Gasteiger partial charge is 0.417 e. The van der Waals surface area contributed by atoms with Gasteiger partial charge in [0.05, 0.1) is 11.1 Å². The first-order chi connectivity index (χ1) is 13.6. The van der Waals surface area contributed by atoms with Gasteiger partial charge < -0.3 is 10.2 Å². The maximum atomic E-state index is 13.7. The highest BCUT2D eigenvalue weighted by Crippen LogP contribution is 2.30. The maximum Gasteiger partial charge on any atom is 0.417 e. The van der Waals surface area contributed by atoms with Crippen molar-refractivity contribution < 1.29 is 35.5 Å². The molecule has 1 aromatic heterocycles. The fraction of sp³-hybridized carbons (Fsp3) is 0.333. The Kier molecular flexibility index (Phi) is 5.67. The SMILES string of the molecule is O=C(NC1CCN(c2ccc(C(F)(F)F)cn2)CC1)c1cc(F)c(F)c(F)c1F. The van der Waals surface area contributed by atoms with E-state index < -0.39 is 52.5 Å². The molecule has 29 heavy (non-hydrogen) atoms. The van der Waals surface area contributed by atoms with Crippen LogP contribution in [0.15, 0.2) is 24.4 Å². The summed E-state index contributed by atoms with van der Waals surface area (Å²) in [6.45, 7) is 0.663. The van der Waals surface area contributed by atoms with E-state index in [0.717, 1.165) is 12.3 Å². The van der Waals surface area contributed by atoms with Gasteiger partial charge in [0.15, 0.2) is 23.3 Å². The highest BCUT2D eigenvalue weighted by Gasteiger charge is 2.31. The van der Waals surface area contributed by atoms with Crippen LogP contribution in [0.25, 0.3) is 0 Å². The van der Waals surface area contributed by atoms with E-state index in [9.17, 15) is 35.5 Å². The number of nitrogens with one attached hydrogen (secondary N) is 1. The van der Waals surface area contributed by atoms with Crippen molar-refractivity contribution in [3.05, 3.63) is 58.8 Å². The van der Waals surface area contributed by atoms with Crippen LogP contribution in [0.1, 0.15) is 28.8 Å². The van der Waals surface area contributed by atoms with Gasteiger partial charge in [-0.15, -0.1) is 0 Å². The number of benzene rings is 1. The molecule has 11 heteroatoms. The Bertz CT molecular complexity index is 907. The van der Waals surface area contributed by atoms with E-state index in [1.54, 1.807) is 4.90 Å². The first kappa shape index (κ1) is 20.9. The number of rotatable bonds is 3. The monoisotopic (exact) mass is 421 g/mol. The Morgan fingerprint density at radius 3 is 2.24 bits per heavy atom. The summed E-state index contributed by atoms with van der Waals surface area (Å²) in [5, 5.41) is 2.42. The quantitative estimate of drug-likeness (QED) is 0.462. The molecule has 1 aliphatic heterocycles. The number of halogens is 7. The molecule has 1 amide bonds. The summed E-state index contributed by atoms with van der Waals surface area (Å²) < 4.78 is 91.0. The van der Waals surface area contributed by atoms with E-state index in [4.69, 9.17) is 0 Å². The normalized spacial score (nSPS) is 15.5. The summed E-state index contributed by atoms with van der Waals surface area (Å²) >= 11 is 0. The molecule has 1 N–H and O–H groups in total. The number of piperidine rings is 1. The predicted octanol–water partition coefficient (Wildman–Crippen LogP) is 4.06. The lowest BCUT2D eigenvalue weighted by atomic mass is 10.0. The van der Waals surface area contributed by atoms with Crippen molar-refractivity contribution in [1.82, 2.24) is 10.3 Å². The number of hydrogen-bond donors (Lipinski definition) is 1. The molecule has 0 radical (unpaired) electrons. The molecule has 0 unspecified atom stereocenters. The van der Waals surface area contributed by atoms with Crippen molar-refractivity contribution in [2.45, 2.75) is 25.1 Å². The van der Waals surface area contributed by atoms with Crippen molar-refractivity contribution >= 4 is 11.7 Å². The van der Waals surface area contributed by atoms with E-state index in [-0.39, 0.29) is 6.07 Å². The molecular formula is C18H14F7N3O. The average Bonchev–Trinajstić information content (AvgIpc) is 2.69. The smallest absolute Gasteiger partial charge is 0.356 e. The minimum absolute atomic E-state index is 0.282. The maximum absolute atomic E-state index is 13.7. The van der Waals surface area contributed by atoms with Crippen LogP contribution in [0.5, 0.6) is 0 Å². The van der Waals surface area contributed by atoms with E-state index in [2.05, 4.69) is 10.3 Å². The second-order valence-corrected chi connectivity index (χ2v) is 6.49. The third kappa shape index (κ3) is 4.43. The van der Waals surface area contributed by atoms with Gasteiger partial charge in [0.2, 0.25) is 0 Å². The van der Waals surface area contributed by atoms with Crippen LogP contribution in [0, 0.1) is 23.3 Å². The van der Waals surface area contributed by atoms with Crippen LogP contribution in [-0.2, 0) is 6.18 Å². The van der Waals surface area contributed by atoms with Gasteiger partial charge in [0.25, 0.3) is 5.91 Å². The summed E-state index contributed by atoms with van der Waals surface area (Å²) in [6.07, 6.45) is -3.09. The fourth-order valence-electron chi connectivity index (χ4n) is 2.99. The standard InChI is InChI=1S/C18H14F7N3O/c19-12-7-11(14(20)16(22)15(12)21)17(29)27-10-3-5-28(6-4-10)13-2-1-9(8-26-13)18(23,24)25/h1-2,7-8,10H,3-6H2,(H,27,29). The van der Waals surface area contributed by atoms with E-state index in [1.165, 1.54) is 6.07 Å². The van der Waals surface area contributed by atoms with Crippen LogP contribution in [-0.4, -0.2) is 30.0 Å². The van der Waals surface area contributed by atoms with E-state index in [0.29, 0.717) is 31.7 Å². The number of aromatic nitrogens is 1. The van der Waals surface area contributed by atoms with Crippen molar-refractivity contribution in [3.8, 4) is 0 Å². The molecule has 2 aromatic rings. The Morgan fingerprint density at radius 2 is 1.69 bits per heavy atom. The average molecular weight is 421 g/mol. The second-order valence-electron chi connectivity index (χ2n) is 6.49. The lowest BCUT2D eigenvalue weighted by Crippen LogP contribution is -2.45. The zero-order valence-electron chi connectivity index (χ0n) is 14.7. The third-order valence-electron chi connectivity index (χ3n) is 4.58. The Balaban J connectivity index is 1.61. The third-order valence-corrected chi connectivity index (χ3v) is 4.58. The summed E-state index contributed by atoms with van der Waals surface area (Å²) in [5.41, 5.74) is -1.82. The molecule has 1 fully saturated rings. The van der Waals surface area contributed by atoms with Gasteiger partial charge in [-0.3, -0.25) is 4.79 Å². The number of hydrogen-bond acceptors (Lipinski definition) is 3. The minimum atomic E-state index is -4.49. The van der Waals surface area contributed by atoms with Crippen molar-refractivity contribution in [3.63, 3.8) is 0 Å². The molecule has 0 aliphatic carbocycles. The van der Waals surface area contributed by atoms with Gasteiger partial charge in [-0.05, 0) is 31.0 Å². The van der Waals surface area contributed by atoms with Gasteiger partial charge in [0.1, 0.15) is 5.82 Å². The van der Waals surface area contributed by atoms with Crippen molar-refractivity contribution in [1.29, 1.82) is 0 Å². The number of carbonyl (C=O) groups excluding carboxylic acids is 1. The molecule has 1 aliphatic rings. The van der Waals surface area contributed by atoms with Crippen molar-refractivity contribution in [2.24, 2.45) is 0 Å². The van der Waals surface area contributed by atoms with Gasteiger partial charge >= 0.3 is 6.18 Å². The highest BCUT2D eigenvalue weighted by atomic mass is 19.4. The van der Waals surface area contributed by atoms with Gasteiger partial charge in [-0.1, -0.05) is 0 Å². The topological polar surface area (TPSA) is 45.2 Å².